The molecule has 1 unspecified atom stereocenters. The Morgan fingerprint density at radius 1 is 1.35 bits per heavy atom. The second-order valence-corrected chi connectivity index (χ2v) is 4.92. The Labute approximate surface area is 117 Å². The topological polar surface area (TPSA) is 38.2 Å². The number of aromatic nitrogens is 2. The van der Waals surface area contributed by atoms with Gasteiger partial charge >= 0.3 is 0 Å². The summed E-state index contributed by atoms with van der Waals surface area (Å²) in [6.07, 6.45) is 6.02. The summed E-state index contributed by atoms with van der Waals surface area (Å²) in [4.78, 5) is 10.1. The van der Waals surface area contributed by atoms with Crippen molar-refractivity contribution in [1.29, 1.82) is 0 Å². The second-order valence-electron chi connectivity index (χ2n) is 4.92. The Hall–Kier alpha value is -2.17. The second kappa shape index (κ2) is 5.45. The summed E-state index contributed by atoms with van der Waals surface area (Å²) < 4.78 is 19.7. The molecule has 2 aromatic heterocycles. The average Bonchev–Trinajstić information content (AvgIpc) is 2.90. The molecule has 4 nitrogen and oxygen atoms in total. The first-order chi connectivity index (χ1) is 9.74. The van der Waals surface area contributed by atoms with Gasteiger partial charge in [-0.3, -0.25) is 4.98 Å². The molecule has 1 saturated heterocycles. The molecule has 3 heterocycles. The van der Waals surface area contributed by atoms with Crippen molar-refractivity contribution in [3.8, 4) is 5.75 Å². The van der Waals surface area contributed by atoms with Crippen molar-refractivity contribution in [3.63, 3.8) is 0 Å². The van der Waals surface area contributed by atoms with Crippen LogP contribution >= 0.6 is 0 Å². The van der Waals surface area contributed by atoms with Crippen molar-refractivity contribution in [2.45, 2.75) is 19.4 Å². The largest absolute Gasteiger partial charge is 0.488 e. The first-order valence-electron chi connectivity index (χ1n) is 6.67. The highest BCUT2D eigenvalue weighted by atomic mass is 19.1. The fraction of sp³-hybridized carbons (Fsp3) is 0.333. The lowest BCUT2D eigenvalue weighted by atomic mass is 10.2. The predicted octanol–water partition coefficient (Wildman–Crippen LogP) is 2.58. The van der Waals surface area contributed by atoms with Gasteiger partial charge in [0.1, 0.15) is 11.9 Å². The van der Waals surface area contributed by atoms with E-state index < -0.39 is 0 Å². The van der Waals surface area contributed by atoms with Gasteiger partial charge in [0, 0.05) is 37.1 Å². The van der Waals surface area contributed by atoms with Crippen LogP contribution in [0.1, 0.15) is 12.0 Å². The number of ether oxygens (including phenoxy) is 1. The first kappa shape index (κ1) is 12.8. The predicted molar refractivity (Wildman–Crippen MR) is 74.4 cm³/mol. The van der Waals surface area contributed by atoms with Crippen LogP contribution in [0.25, 0.3) is 0 Å². The molecule has 0 bridgehead atoms. The molecule has 1 aliphatic rings. The van der Waals surface area contributed by atoms with Gasteiger partial charge in [-0.05, 0) is 25.1 Å². The van der Waals surface area contributed by atoms with Crippen LogP contribution in [-0.4, -0.2) is 29.2 Å². The summed E-state index contributed by atoms with van der Waals surface area (Å²) in [5, 5.41) is 0. The Kier molecular flexibility index (Phi) is 3.50. The monoisotopic (exact) mass is 273 g/mol. The molecule has 0 amide bonds. The zero-order chi connectivity index (χ0) is 13.9. The van der Waals surface area contributed by atoms with Crippen LogP contribution in [0.4, 0.5) is 10.2 Å². The molecule has 0 spiro atoms. The minimum atomic E-state index is -0.284. The third-order valence-corrected chi connectivity index (χ3v) is 3.45. The Morgan fingerprint density at radius 3 is 3.05 bits per heavy atom. The minimum Gasteiger partial charge on any atom is -0.488 e. The van der Waals surface area contributed by atoms with E-state index in [4.69, 9.17) is 4.74 Å². The van der Waals surface area contributed by atoms with E-state index in [-0.39, 0.29) is 11.9 Å². The van der Waals surface area contributed by atoms with Gasteiger partial charge in [-0.15, -0.1) is 0 Å². The van der Waals surface area contributed by atoms with Gasteiger partial charge in [-0.1, -0.05) is 0 Å². The van der Waals surface area contributed by atoms with Crippen LogP contribution in [0.5, 0.6) is 5.75 Å². The number of aryl methyl sites for hydroxylation is 1. The zero-order valence-electron chi connectivity index (χ0n) is 11.3. The van der Waals surface area contributed by atoms with E-state index in [0.717, 1.165) is 24.3 Å². The fourth-order valence-electron chi connectivity index (χ4n) is 2.40. The van der Waals surface area contributed by atoms with Crippen molar-refractivity contribution >= 4 is 5.82 Å². The summed E-state index contributed by atoms with van der Waals surface area (Å²) in [6.45, 7) is 3.37. The Bertz CT molecular complexity index is 605. The standard InChI is InChI=1S/C15H16FN3O/c1-11-9-17-7-4-14(11)20-12-5-8-19(10-12)15-13(16)3-2-6-18-15/h2-4,6-7,9,12H,5,8,10H2,1H3. The average molecular weight is 273 g/mol. The van der Waals surface area contributed by atoms with Crippen molar-refractivity contribution in [3.05, 3.63) is 48.2 Å². The van der Waals surface area contributed by atoms with Crippen LogP contribution in [0.3, 0.4) is 0 Å². The van der Waals surface area contributed by atoms with Crippen LogP contribution in [0, 0.1) is 12.7 Å². The van der Waals surface area contributed by atoms with Gasteiger partial charge in [0.15, 0.2) is 11.6 Å². The van der Waals surface area contributed by atoms with Crippen LogP contribution in [0.2, 0.25) is 0 Å². The number of anilines is 1. The zero-order valence-corrected chi connectivity index (χ0v) is 11.3. The number of rotatable bonds is 3. The summed E-state index contributed by atoms with van der Waals surface area (Å²) in [6, 6.07) is 4.89. The van der Waals surface area contributed by atoms with E-state index in [1.54, 1.807) is 24.7 Å². The molecule has 104 valence electrons. The first-order valence-corrected chi connectivity index (χ1v) is 6.67. The van der Waals surface area contributed by atoms with Crippen molar-refractivity contribution in [2.24, 2.45) is 0 Å². The summed E-state index contributed by atoms with van der Waals surface area (Å²) in [5.74, 6) is 0.964. The lowest BCUT2D eigenvalue weighted by Crippen LogP contribution is -2.26. The maximum atomic E-state index is 13.7. The quantitative estimate of drug-likeness (QED) is 0.861. The molecule has 0 aromatic carbocycles. The maximum absolute atomic E-state index is 13.7. The third-order valence-electron chi connectivity index (χ3n) is 3.45. The van der Waals surface area contributed by atoms with Crippen LogP contribution in [-0.2, 0) is 0 Å². The lowest BCUT2D eigenvalue weighted by molar-refractivity contribution is 0.223. The van der Waals surface area contributed by atoms with Gasteiger partial charge < -0.3 is 9.64 Å². The summed E-state index contributed by atoms with van der Waals surface area (Å²) in [5.41, 5.74) is 1.01. The Morgan fingerprint density at radius 2 is 2.25 bits per heavy atom. The van der Waals surface area contributed by atoms with E-state index in [1.807, 2.05) is 17.9 Å². The maximum Gasteiger partial charge on any atom is 0.165 e. The smallest absolute Gasteiger partial charge is 0.165 e. The SMILES string of the molecule is Cc1cnccc1OC1CCN(c2ncccc2F)C1. The molecular weight excluding hydrogens is 257 g/mol. The van der Waals surface area contributed by atoms with Gasteiger partial charge in [0.25, 0.3) is 0 Å². The van der Waals surface area contributed by atoms with Gasteiger partial charge in [0.2, 0.25) is 0 Å². The number of hydrogen-bond acceptors (Lipinski definition) is 4. The van der Waals surface area contributed by atoms with Crippen LogP contribution < -0.4 is 9.64 Å². The Balaban J connectivity index is 1.69. The molecule has 1 aliphatic heterocycles. The van der Waals surface area contributed by atoms with Gasteiger partial charge in [-0.25, -0.2) is 9.37 Å². The highest BCUT2D eigenvalue weighted by molar-refractivity contribution is 5.41. The molecule has 0 aliphatic carbocycles. The molecule has 0 saturated carbocycles. The van der Waals surface area contributed by atoms with Crippen molar-refractivity contribution < 1.29 is 9.13 Å². The van der Waals surface area contributed by atoms with E-state index in [2.05, 4.69) is 9.97 Å². The van der Waals surface area contributed by atoms with Gasteiger partial charge in [0.05, 0.1) is 6.54 Å². The number of hydrogen-bond donors (Lipinski definition) is 0. The number of nitrogens with zero attached hydrogens (tertiary/aromatic N) is 3. The molecule has 5 heteroatoms. The van der Waals surface area contributed by atoms with Gasteiger partial charge in [-0.2, -0.15) is 0 Å². The van der Waals surface area contributed by atoms with E-state index >= 15 is 0 Å². The van der Waals surface area contributed by atoms with E-state index in [1.165, 1.54) is 6.07 Å². The molecule has 0 N–H and O–H groups in total. The van der Waals surface area contributed by atoms with Crippen molar-refractivity contribution in [2.75, 3.05) is 18.0 Å². The molecule has 1 atom stereocenters. The van der Waals surface area contributed by atoms with E-state index in [9.17, 15) is 4.39 Å². The molecule has 20 heavy (non-hydrogen) atoms. The highest BCUT2D eigenvalue weighted by Gasteiger charge is 2.26. The fourth-order valence-corrected chi connectivity index (χ4v) is 2.40. The normalized spacial score (nSPS) is 18.3. The number of pyridine rings is 2. The molecular formula is C15H16FN3O. The van der Waals surface area contributed by atoms with E-state index in [0.29, 0.717) is 12.4 Å². The highest BCUT2D eigenvalue weighted by Crippen LogP contribution is 2.25. The summed E-state index contributed by atoms with van der Waals surface area (Å²) >= 11 is 0. The van der Waals surface area contributed by atoms with Crippen LogP contribution in [0.15, 0.2) is 36.8 Å². The summed E-state index contributed by atoms with van der Waals surface area (Å²) in [7, 11) is 0. The van der Waals surface area contributed by atoms with Crippen molar-refractivity contribution in [1.82, 2.24) is 9.97 Å². The lowest BCUT2D eigenvalue weighted by Gasteiger charge is -2.18. The molecule has 0 radical (unpaired) electrons. The third kappa shape index (κ3) is 2.57. The minimum absolute atomic E-state index is 0.0532. The molecule has 1 fully saturated rings. The molecule has 3 rings (SSSR count). The number of halogens is 1. The molecule has 2 aromatic rings.